The van der Waals surface area contributed by atoms with Crippen molar-refractivity contribution in [1.29, 1.82) is 0 Å². The molecule has 2 amide bonds. The molecule has 2 aromatic carbocycles. The third-order valence-electron chi connectivity index (χ3n) is 9.41. The fourth-order valence-corrected chi connectivity index (χ4v) is 7.29. The highest BCUT2D eigenvalue weighted by Crippen LogP contribution is 2.47. The molecular weight excluding hydrogens is 544 g/mol. The lowest BCUT2D eigenvalue weighted by Crippen LogP contribution is -2.47. The van der Waals surface area contributed by atoms with Gasteiger partial charge in [0.2, 0.25) is 11.8 Å². The number of nitrogens with zero attached hydrogens (tertiary/aromatic N) is 2. The molecule has 2 aliphatic heterocycles. The summed E-state index contributed by atoms with van der Waals surface area (Å²) < 4.78 is 5.48. The first-order valence-electron chi connectivity index (χ1n) is 15.4. The second-order valence-corrected chi connectivity index (χ2v) is 12.3. The number of rotatable bonds is 11. The molecule has 0 saturated carbocycles. The number of phenolic OH excluding ortho intramolecular Hbond substituents is 1. The Kier molecular flexibility index (Phi) is 10.1. The smallest absolute Gasteiger partial charge is 0.234 e. The van der Waals surface area contributed by atoms with Crippen LogP contribution in [-0.2, 0) is 20.9 Å². The number of aromatic hydroxyl groups is 1. The van der Waals surface area contributed by atoms with Gasteiger partial charge in [0.25, 0.3) is 0 Å². The number of aliphatic hydroxyl groups excluding tert-OH is 2. The summed E-state index contributed by atoms with van der Waals surface area (Å²) in [5.41, 5.74) is 4.39. The fraction of sp³-hybridized carbons (Fsp3) is 0.486. The van der Waals surface area contributed by atoms with Crippen molar-refractivity contribution < 1.29 is 29.6 Å². The molecular formula is C35H44N2O6. The number of carbonyl (C=O) groups excluding carboxylic acids is 2. The zero-order valence-electron chi connectivity index (χ0n) is 25.2. The van der Waals surface area contributed by atoms with Gasteiger partial charge in [0.05, 0.1) is 31.2 Å². The predicted molar refractivity (Wildman–Crippen MR) is 165 cm³/mol. The van der Waals surface area contributed by atoms with Crippen molar-refractivity contribution in [3.63, 3.8) is 0 Å². The van der Waals surface area contributed by atoms with Crippen LogP contribution in [0.1, 0.15) is 50.2 Å². The van der Waals surface area contributed by atoms with E-state index in [4.69, 9.17) is 4.74 Å². The number of amides is 2. The summed E-state index contributed by atoms with van der Waals surface area (Å²) >= 11 is 0. The van der Waals surface area contributed by atoms with Gasteiger partial charge in [0.1, 0.15) is 5.75 Å². The van der Waals surface area contributed by atoms with E-state index in [1.165, 1.54) is 10.5 Å². The first-order valence-corrected chi connectivity index (χ1v) is 15.4. The largest absolute Gasteiger partial charge is 0.507 e. The van der Waals surface area contributed by atoms with Crippen molar-refractivity contribution in [2.75, 3.05) is 33.4 Å². The van der Waals surface area contributed by atoms with Gasteiger partial charge in [-0.2, -0.15) is 0 Å². The number of para-hydroxylation sites is 1. The molecule has 0 bridgehead atoms. The molecule has 8 heteroatoms. The summed E-state index contributed by atoms with van der Waals surface area (Å²) in [5, 5.41) is 32.2. The van der Waals surface area contributed by atoms with Crippen LogP contribution in [0.25, 0.3) is 6.08 Å². The van der Waals surface area contributed by atoms with Gasteiger partial charge in [0.15, 0.2) is 0 Å². The van der Waals surface area contributed by atoms with Crippen molar-refractivity contribution in [2.24, 2.45) is 17.8 Å². The number of imide groups is 1. The lowest BCUT2D eigenvalue weighted by atomic mass is 9.68. The standard InChI is InChI=1S/C35H44N2O6/c1-23(18-25-10-6-7-11-30(25)39)12-13-31(40)32-26(22-43-2)19-28-33(29(32)21-38)35(42)37(34(28)41)27-14-16-36(17-15-27)20-24-8-4-3-5-9-24/h3-11,18,27-29,31,33,38-40H,12-17,19-22H2,1-2H3/b23-18+/t28-,29+,31-,33-/m1/s1. The van der Waals surface area contributed by atoms with Gasteiger partial charge in [-0.15, -0.1) is 0 Å². The van der Waals surface area contributed by atoms with Crippen LogP contribution >= 0.6 is 0 Å². The maximum absolute atomic E-state index is 13.9. The van der Waals surface area contributed by atoms with E-state index in [9.17, 15) is 24.9 Å². The maximum Gasteiger partial charge on any atom is 0.234 e. The Morgan fingerprint density at radius 1 is 1.05 bits per heavy atom. The molecule has 2 saturated heterocycles. The van der Waals surface area contributed by atoms with Crippen molar-refractivity contribution in [3.8, 4) is 5.75 Å². The topological polar surface area (TPSA) is 111 Å². The normalized spacial score (nSPS) is 24.5. The summed E-state index contributed by atoms with van der Waals surface area (Å²) in [6.07, 6.45) is 3.75. The van der Waals surface area contributed by atoms with Crippen LogP contribution in [-0.4, -0.2) is 82.5 Å². The number of likely N-dealkylation sites (tertiary alicyclic amines) is 2. The molecule has 8 nitrogen and oxygen atoms in total. The highest BCUT2D eigenvalue weighted by molar-refractivity contribution is 6.06. The minimum Gasteiger partial charge on any atom is -0.507 e. The molecule has 0 aromatic heterocycles. The van der Waals surface area contributed by atoms with Gasteiger partial charge >= 0.3 is 0 Å². The Morgan fingerprint density at radius 3 is 2.42 bits per heavy atom. The Bertz CT molecular complexity index is 1350. The van der Waals surface area contributed by atoms with E-state index >= 15 is 0 Å². The van der Waals surface area contributed by atoms with Crippen LogP contribution in [0.3, 0.4) is 0 Å². The molecule has 4 atom stereocenters. The molecule has 2 fully saturated rings. The van der Waals surface area contributed by atoms with Crippen LogP contribution in [0.5, 0.6) is 5.75 Å². The molecule has 43 heavy (non-hydrogen) atoms. The molecule has 3 N–H and O–H groups in total. The summed E-state index contributed by atoms with van der Waals surface area (Å²) in [4.78, 5) is 31.6. The molecule has 0 radical (unpaired) electrons. The SMILES string of the molecule is COCC1=C([C@H](O)CC/C(C)=C/c2ccccc2O)[C@H](CO)[C@@H]2C(=O)N(C3CCN(Cc4ccccc4)CC3)C(=O)[C@@H]2C1. The van der Waals surface area contributed by atoms with E-state index < -0.39 is 23.9 Å². The van der Waals surface area contributed by atoms with Crippen LogP contribution in [0, 0.1) is 17.8 Å². The van der Waals surface area contributed by atoms with Crippen molar-refractivity contribution >= 4 is 17.9 Å². The Balaban J connectivity index is 1.29. The molecule has 230 valence electrons. The maximum atomic E-state index is 13.9. The number of ether oxygens (including phenoxy) is 1. The monoisotopic (exact) mass is 588 g/mol. The molecule has 0 spiro atoms. The fourth-order valence-electron chi connectivity index (χ4n) is 7.29. The zero-order chi connectivity index (χ0) is 30.5. The van der Waals surface area contributed by atoms with Gasteiger partial charge in [-0.25, -0.2) is 0 Å². The Labute approximate surface area is 254 Å². The molecule has 2 aromatic rings. The highest BCUT2D eigenvalue weighted by Gasteiger charge is 2.56. The first-order chi connectivity index (χ1) is 20.8. The lowest BCUT2D eigenvalue weighted by molar-refractivity contribution is -0.144. The van der Waals surface area contributed by atoms with Crippen molar-refractivity contribution in [2.45, 2.75) is 57.7 Å². The number of aliphatic hydroxyl groups is 2. The second kappa shape index (κ2) is 14.0. The molecule has 0 unspecified atom stereocenters. The lowest BCUT2D eigenvalue weighted by Gasteiger charge is -2.37. The minimum absolute atomic E-state index is 0.154. The Hall–Kier alpha value is -3.30. The molecule has 3 aliphatic rings. The third kappa shape index (κ3) is 6.78. The van der Waals surface area contributed by atoms with Gasteiger partial charge in [-0.3, -0.25) is 19.4 Å². The average molecular weight is 589 g/mol. The number of methoxy groups -OCH3 is 1. The predicted octanol–water partition coefficient (Wildman–Crippen LogP) is 4.16. The zero-order valence-corrected chi connectivity index (χ0v) is 25.2. The van der Waals surface area contributed by atoms with E-state index in [0.29, 0.717) is 30.4 Å². The summed E-state index contributed by atoms with van der Waals surface area (Å²) in [6.45, 7) is 4.32. The number of phenols is 1. The van der Waals surface area contributed by atoms with E-state index in [1.54, 1.807) is 19.2 Å². The van der Waals surface area contributed by atoms with Gasteiger partial charge in [-0.1, -0.05) is 60.2 Å². The van der Waals surface area contributed by atoms with Gasteiger partial charge < -0.3 is 20.1 Å². The number of fused-ring (bicyclic) bond motifs is 1. The van der Waals surface area contributed by atoms with Crippen LogP contribution in [0.15, 0.2) is 71.3 Å². The number of hydrogen-bond acceptors (Lipinski definition) is 7. The first kappa shape index (κ1) is 31.1. The number of benzene rings is 2. The summed E-state index contributed by atoms with van der Waals surface area (Å²) in [7, 11) is 1.58. The van der Waals surface area contributed by atoms with Crippen LogP contribution < -0.4 is 0 Å². The quantitative estimate of drug-likeness (QED) is 0.267. The van der Waals surface area contributed by atoms with E-state index in [1.807, 2.05) is 43.3 Å². The number of piperidine rings is 1. The van der Waals surface area contributed by atoms with Crippen LogP contribution in [0.4, 0.5) is 0 Å². The average Bonchev–Trinajstić information content (AvgIpc) is 3.26. The highest BCUT2D eigenvalue weighted by atomic mass is 16.5. The van der Waals surface area contributed by atoms with Gasteiger partial charge in [-0.05, 0) is 61.8 Å². The summed E-state index contributed by atoms with van der Waals surface area (Å²) in [5.74, 6) is -2.03. The van der Waals surface area contributed by atoms with Crippen LogP contribution in [0.2, 0.25) is 0 Å². The molecule has 1 aliphatic carbocycles. The molecule has 5 rings (SSSR count). The van der Waals surface area contributed by atoms with E-state index in [2.05, 4.69) is 17.0 Å². The molecule has 2 heterocycles. The summed E-state index contributed by atoms with van der Waals surface area (Å²) in [6, 6.07) is 17.2. The Morgan fingerprint density at radius 2 is 1.74 bits per heavy atom. The van der Waals surface area contributed by atoms with E-state index in [-0.39, 0.29) is 36.8 Å². The second-order valence-electron chi connectivity index (χ2n) is 12.3. The van der Waals surface area contributed by atoms with Gasteiger partial charge in [0, 0.05) is 44.3 Å². The number of carbonyl (C=O) groups is 2. The van der Waals surface area contributed by atoms with E-state index in [0.717, 1.165) is 43.6 Å². The van der Waals surface area contributed by atoms with Crippen molar-refractivity contribution in [3.05, 3.63) is 82.4 Å². The third-order valence-corrected chi connectivity index (χ3v) is 9.41. The number of hydrogen-bond donors (Lipinski definition) is 3. The number of allylic oxidation sites excluding steroid dienone is 1. The minimum atomic E-state index is -0.894. The van der Waals surface area contributed by atoms with Crippen molar-refractivity contribution in [1.82, 2.24) is 9.80 Å².